The Kier molecular flexibility index (Phi) is 0.383. The molecule has 1 heterocycles. The molecule has 1 aliphatic carbocycles. The van der Waals surface area contributed by atoms with Gasteiger partial charge in [-0.05, 0) is 6.42 Å². The molecule has 0 spiro atoms. The number of rotatable bonds is 0. The van der Waals surface area contributed by atoms with Crippen LogP contribution in [0.5, 0.6) is 0 Å². The van der Waals surface area contributed by atoms with Crippen LogP contribution in [0.25, 0.3) is 0 Å². The molecule has 1 saturated carbocycles. The SMILES string of the molecule is C1NOC2CC12. The Morgan fingerprint density at radius 3 is 2.83 bits per heavy atom. The minimum absolute atomic E-state index is 0.602. The lowest BCUT2D eigenvalue weighted by molar-refractivity contribution is 0.0650. The quantitative estimate of drug-likeness (QED) is 0.444. The first-order chi connectivity index (χ1) is 2.97. The van der Waals surface area contributed by atoms with Crippen molar-refractivity contribution in [3.63, 3.8) is 0 Å². The van der Waals surface area contributed by atoms with Gasteiger partial charge >= 0.3 is 0 Å². The van der Waals surface area contributed by atoms with Gasteiger partial charge in [-0.3, -0.25) is 4.84 Å². The maximum atomic E-state index is 4.98. The Labute approximate surface area is 36.4 Å². The molecule has 0 amide bonds. The summed E-state index contributed by atoms with van der Waals surface area (Å²) in [5, 5.41) is 0. The zero-order valence-corrected chi connectivity index (χ0v) is 3.48. The van der Waals surface area contributed by atoms with Gasteiger partial charge in [0.2, 0.25) is 0 Å². The number of hydroxylamine groups is 1. The minimum atomic E-state index is 0.602. The second kappa shape index (κ2) is 0.768. The first-order valence-electron chi connectivity index (χ1n) is 2.35. The number of nitrogens with one attached hydrogen (secondary N) is 1. The Hall–Kier alpha value is -0.0800. The van der Waals surface area contributed by atoms with Crippen LogP contribution in [0.15, 0.2) is 0 Å². The summed E-state index contributed by atoms with van der Waals surface area (Å²) in [6.07, 6.45) is 1.90. The van der Waals surface area contributed by atoms with E-state index in [1.54, 1.807) is 0 Å². The minimum Gasteiger partial charge on any atom is -0.298 e. The zero-order chi connectivity index (χ0) is 3.98. The molecule has 6 heavy (non-hydrogen) atoms. The highest BCUT2D eigenvalue weighted by Gasteiger charge is 2.43. The zero-order valence-electron chi connectivity index (χ0n) is 3.48. The largest absolute Gasteiger partial charge is 0.298 e. The molecule has 2 aliphatic rings. The van der Waals surface area contributed by atoms with E-state index in [4.69, 9.17) is 4.84 Å². The topological polar surface area (TPSA) is 21.3 Å². The molecule has 0 bridgehead atoms. The predicted octanol–water partition coefficient (Wildman–Crippen LogP) is -0.0903. The molecule has 34 valence electrons. The Morgan fingerprint density at radius 1 is 1.67 bits per heavy atom. The Morgan fingerprint density at radius 2 is 2.67 bits per heavy atom. The van der Waals surface area contributed by atoms with Crippen molar-refractivity contribution in [1.82, 2.24) is 5.48 Å². The van der Waals surface area contributed by atoms with Crippen LogP contribution in [0, 0.1) is 5.92 Å². The first kappa shape index (κ1) is 2.99. The molecule has 1 aliphatic heterocycles. The van der Waals surface area contributed by atoms with Crippen molar-refractivity contribution in [2.75, 3.05) is 6.54 Å². The molecule has 0 aromatic rings. The average Bonchev–Trinajstić information content (AvgIpc) is 2.17. The van der Waals surface area contributed by atoms with Crippen molar-refractivity contribution in [2.24, 2.45) is 5.92 Å². The molecule has 2 atom stereocenters. The summed E-state index contributed by atoms with van der Waals surface area (Å²) in [6.45, 7) is 1.09. The molecule has 0 aromatic carbocycles. The van der Waals surface area contributed by atoms with Gasteiger partial charge in [0, 0.05) is 12.5 Å². The summed E-state index contributed by atoms with van der Waals surface area (Å²) < 4.78 is 0. The number of fused-ring (bicyclic) bond motifs is 1. The van der Waals surface area contributed by atoms with Crippen molar-refractivity contribution in [1.29, 1.82) is 0 Å². The van der Waals surface area contributed by atoms with E-state index < -0.39 is 0 Å². The van der Waals surface area contributed by atoms with Gasteiger partial charge in [-0.15, -0.1) is 0 Å². The maximum Gasteiger partial charge on any atom is 0.0836 e. The highest BCUT2D eigenvalue weighted by molar-refractivity contribution is 4.91. The van der Waals surface area contributed by atoms with Crippen molar-refractivity contribution in [2.45, 2.75) is 12.5 Å². The smallest absolute Gasteiger partial charge is 0.0836 e. The molecule has 2 nitrogen and oxygen atoms in total. The van der Waals surface area contributed by atoms with Crippen molar-refractivity contribution < 1.29 is 4.84 Å². The molecule has 1 saturated heterocycles. The monoisotopic (exact) mass is 85.1 g/mol. The second-order valence-electron chi connectivity index (χ2n) is 2.00. The fraction of sp³-hybridized carbons (Fsp3) is 1.00. The van der Waals surface area contributed by atoms with E-state index in [1.165, 1.54) is 6.42 Å². The summed E-state index contributed by atoms with van der Waals surface area (Å²) >= 11 is 0. The van der Waals surface area contributed by atoms with Crippen LogP contribution < -0.4 is 5.48 Å². The third kappa shape index (κ3) is 0.235. The fourth-order valence-corrected chi connectivity index (χ4v) is 0.841. The summed E-state index contributed by atoms with van der Waals surface area (Å²) in [7, 11) is 0. The van der Waals surface area contributed by atoms with Crippen LogP contribution >= 0.6 is 0 Å². The second-order valence-corrected chi connectivity index (χ2v) is 2.00. The van der Waals surface area contributed by atoms with Gasteiger partial charge in [0.15, 0.2) is 0 Å². The van der Waals surface area contributed by atoms with Crippen LogP contribution in [0.4, 0.5) is 0 Å². The summed E-state index contributed by atoms with van der Waals surface area (Å²) in [5.74, 6) is 0.880. The number of hydrogen-bond acceptors (Lipinski definition) is 2. The summed E-state index contributed by atoms with van der Waals surface area (Å²) in [4.78, 5) is 4.98. The molecule has 2 rings (SSSR count). The molecule has 2 heteroatoms. The van der Waals surface area contributed by atoms with Gasteiger partial charge in [-0.2, -0.15) is 0 Å². The van der Waals surface area contributed by atoms with Crippen molar-refractivity contribution >= 4 is 0 Å². The van der Waals surface area contributed by atoms with Crippen LogP contribution in [0.3, 0.4) is 0 Å². The maximum absolute atomic E-state index is 4.98. The van der Waals surface area contributed by atoms with E-state index in [1.807, 2.05) is 0 Å². The molecule has 1 N–H and O–H groups in total. The van der Waals surface area contributed by atoms with Gasteiger partial charge in [0.1, 0.15) is 0 Å². The van der Waals surface area contributed by atoms with Gasteiger partial charge < -0.3 is 0 Å². The molecule has 0 radical (unpaired) electrons. The molecule has 2 fully saturated rings. The van der Waals surface area contributed by atoms with Crippen LogP contribution in [-0.4, -0.2) is 12.6 Å². The van der Waals surface area contributed by atoms with E-state index in [9.17, 15) is 0 Å². The third-order valence-corrected chi connectivity index (χ3v) is 1.44. The lowest BCUT2D eigenvalue weighted by atomic mass is 10.4. The van der Waals surface area contributed by atoms with Gasteiger partial charge in [-0.1, -0.05) is 0 Å². The van der Waals surface area contributed by atoms with E-state index in [2.05, 4.69) is 5.48 Å². The van der Waals surface area contributed by atoms with Crippen molar-refractivity contribution in [3.05, 3.63) is 0 Å². The first-order valence-corrected chi connectivity index (χ1v) is 2.35. The van der Waals surface area contributed by atoms with E-state index in [0.717, 1.165) is 12.5 Å². The van der Waals surface area contributed by atoms with E-state index in [-0.39, 0.29) is 0 Å². The molecule has 0 aromatic heterocycles. The van der Waals surface area contributed by atoms with Gasteiger partial charge in [0.25, 0.3) is 0 Å². The Bertz CT molecular complexity index is 65.9. The fourth-order valence-electron chi connectivity index (χ4n) is 0.841. The predicted molar refractivity (Wildman–Crippen MR) is 21.0 cm³/mol. The van der Waals surface area contributed by atoms with E-state index >= 15 is 0 Å². The average molecular weight is 85.1 g/mol. The molecular weight excluding hydrogens is 78.0 g/mol. The summed E-state index contributed by atoms with van der Waals surface area (Å²) in [5.41, 5.74) is 2.82. The van der Waals surface area contributed by atoms with Crippen LogP contribution in [0.2, 0.25) is 0 Å². The highest BCUT2D eigenvalue weighted by atomic mass is 16.7. The lowest BCUT2D eigenvalue weighted by Gasteiger charge is -1.89. The van der Waals surface area contributed by atoms with Gasteiger partial charge in [0.05, 0.1) is 6.10 Å². The molecular formula is C4H7NO. The highest BCUT2D eigenvalue weighted by Crippen LogP contribution is 2.35. The molecule has 2 unspecified atom stereocenters. The Balaban J connectivity index is 2.09. The van der Waals surface area contributed by atoms with E-state index in [0.29, 0.717) is 6.10 Å². The standard InChI is InChI=1S/C4H7NO/c1-3-2-5-6-4(1)3/h3-5H,1-2H2. The third-order valence-electron chi connectivity index (χ3n) is 1.44. The lowest BCUT2D eigenvalue weighted by Crippen LogP contribution is -2.08. The number of hydrogen-bond donors (Lipinski definition) is 1. The normalized spacial score (nSPS) is 52.0. The van der Waals surface area contributed by atoms with Crippen LogP contribution in [-0.2, 0) is 4.84 Å². The van der Waals surface area contributed by atoms with Crippen LogP contribution in [0.1, 0.15) is 6.42 Å². The summed E-state index contributed by atoms with van der Waals surface area (Å²) in [6, 6.07) is 0. The van der Waals surface area contributed by atoms with Crippen molar-refractivity contribution in [3.8, 4) is 0 Å². The van der Waals surface area contributed by atoms with Gasteiger partial charge in [-0.25, -0.2) is 5.48 Å².